The van der Waals surface area contributed by atoms with Gasteiger partial charge in [0.2, 0.25) is 0 Å². The maximum absolute atomic E-state index is 12.8. The van der Waals surface area contributed by atoms with E-state index < -0.39 is 0 Å². The van der Waals surface area contributed by atoms with E-state index in [0.29, 0.717) is 39.9 Å². The molecule has 3 aromatic rings. The van der Waals surface area contributed by atoms with Crippen molar-refractivity contribution in [2.45, 2.75) is 13.8 Å². The molecule has 6 heteroatoms. The number of halogens is 1. The molecule has 5 nitrogen and oxygen atoms in total. The first-order valence-electron chi connectivity index (χ1n) is 8.07. The number of nitrogens with zero attached hydrogens (tertiary/aromatic N) is 2. The quantitative estimate of drug-likeness (QED) is 0.725. The standard InChI is InChI=1S/C20H16ClN3O2/c1-3-26-19-7-4-13(11-22)8-18(19)24-20(25)16-10-14-9-15(21)5-6-17(14)23-12(16)2/h4-10H,3H2,1-2H3,(H,24,25). The minimum Gasteiger partial charge on any atom is -0.492 e. The van der Waals surface area contributed by atoms with Gasteiger partial charge in [0.15, 0.2) is 0 Å². The SMILES string of the molecule is CCOc1ccc(C#N)cc1NC(=O)c1cc2cc(Cl)ccc2nc1C. The van der Waals surface area contributed by atoms with Crippen molar-refractivity contribution in [3.63, 3.8) is 0 Å². The number of fused-ring (bicyclic) bond motifs is 1. The molecule has 1 N–H and O–H groups in total. The second kappa shape index (κ2) is 7.42. The Balaban J connectivity index is 1.99. The molecule has 3 rings (SSSR count). The summed E-state index contributed by atoms with van der Waals surface area (Å²) in [5.74, 6) is 0.183. The number of amides is 1. The summed E-state index contributed by atoms with van der Waals surface area (Å²) in [6.45, 7) is 4.08. The number of nitrogens with one attached hydrogen (secondary N) is 1. The molecule has 26 heavy (non-hydrogen) atoms. The molecule has 0 aliphatic heterocycles. The van der Waals surface area contributed by atoms with E-state index in [1.165, 1.54) is 0 Å². The van der Waals surface area contributed by atoms with Crippen molar-refractivity contribution in [2.24, 2.45) is 0 Å². The zero-order valence-corrected chi connectivity index (χ0v) is 15.1. The molecule has 0 radical (unpaired) electrons. The third-order valence-electron chi connectivity index (χ3n) is 3.87. The lowest BCUT2D eigenvalue weighted by Gasteiger charge is -2.13. The van der Waals surface area contributed by atoms with Crippen LogP contribution in [0.3, 0.4) is 0 Å². The largest absolute Gasteiger partial charge is 0.492 e. The average Bonchev–Trinajstić information content (AvgIpc) is 2.63. The number of benzene rings is 2. The molecular weight excluding hydrogens is 350 g/mol. The van der Waals surface area contributed by atoms with Crippen LogP contribution in [0.25, 0.3) is 10.9 Å². The van der Waals surface area contributed by atoms with Crippen LogP contribution in [0.2, 0.25) is 5.02 Å². The minimum absolute atomic E-state index is 0.326. The van der Waals surface area contributed by atoms with Crippen LogP contribution in [-0.2, 0) is 0 Å². The summed E-state index contributed by atoms with van der Waals surface area (Å²) in [5, 5.41) is 13.3. The Morgan fingerprint density at radius 2 is 2.08 bits per heavy atom. The Morgan fingerprint density at radius 3 is 2.81 bits per heavy atom. The monoisotopic (exact) mass is 365 g/mol. The summed E-state index contributed by atoms with van der Waals surface area (Å²) in [4.78, 5) is 17.3. The van der Waals surface area contributed by atoms with Crippen molar-refractivity contribution >= 4 is 34.1 Å². The number of carbonyl (C=O) groups is 1. The second-order valence-electron chi connectivity index (χ2n) is 5.67. The molecule has 0 saturated carbocycles. The summed E-state index contributed by atoms with van der Waals surface area (Å²) in [7, 11) is 0. The molecule has 0 spiro atoms. The normalized spacial score (nSPS) is 10.4. The first-order chi connectivity index (χ1) is 12.5. The molecule has 0 aliphatic rings. The highest BCUT2D eigenvalue weighted by molar-refractivity contribution is 6.31. The fourth-order valence-corrected chi connectivity index (χ4v) is 2.82. The van der Waals surface area contributed by atoms with Crippen LogP contribution >= 0.6 is 11.6 Å². The number of aromatic nitrogens is 1. The van der Waals surface area contributed by atoms with Gasteiger partial charge in [0.05, 0.1) is 40.7 Å². The highest BCUT2D eigenvalue weighted by atomic mass is 35.5. The Morgan fingerprint density at radius 1 is 1.27 bits per heavy atom. The van der Waals surface area contributed by atoms with E-state index >= 15 is 0 Å². The summed E-state index contributed by atoms with van der Waals surface area (Å²) in [6, 6.07) is 14.1. The lowest BCUT2D eigenvalue weighted by molar-refractivity contribution is 0.102. The lowest BCUT2D eigenvalue weighted by Crippen LogP contribution is -2.15. The zero-order chi connectivity index (χ0) is 18.7. The summed E-state index contributed by atoms with van der Waals surface area (Å²) in [6.07, 6.45) is 0. The maximum atomic E-state index is 12.8. The van der Waals surface area contributed by atoms with Crippen LogP contribution in [0, 0.1) is 18.3 Å². The second-order valence-corrected chi connectivity index (χ2v) is 6.10. The Kier molecular flexibility index (Phi) is 5.06. The van der Waals surface area contributed by atoms with Gasteiger partial charge in [-0.3, -0.25) is 9.78 Å². The van der Waals surface area contributed by atoms with E-state index in [1.54, 1.807) is 43.3 Å². The molecule has 2 aromatic carbocycles. The summed E-state index contributed by atoms with van der Waals surface area (Å²) < 4.78 is 5.53. The van der Waals surface area contributed by atoms with Crippen molar-refractivity contribution in [1.82, 2.24) is 4.98 Å². The molecule has 0 saturated heterocycles. The number of hydrogen-bond donors (Lipinski definition) is 1. The first-order valence-corrected chi connectivity index (χ1v) is 8.45. The van der Waals surface area contributed by atoms with E-state index in [-0.39, 0.29) is 5.91 Å². The number of ether oxygens (including phenoxy) is 1. The smallest absolute Gasteiger partial charge is 0.257 e. The van der Waals surface area contributed by atoms with Crippen LogP contribution in [-0.4, -0.2) is 17.5 Å². The molecular formula is C20H16ClN3O2. The predicted molar refractivity (Wildman–Crippen MR) is 102 cm³/mol. The molecule has 0 atom stereocenters. The molecule has 0 bridgehead atoms. The molecule has 1 heterocycles. The van der Waals surface area contributed by atoms with E-state index in [4.69, 9.17) is 21.6 Å². The number of nitriles is 1. The number of anilines is 1. The Labute approximate surface area is 156 Å². The fourth-order valence-electron chi connectivity index (χ4n) is 2.64. The molecule has 1 aromatic heterocycles. The Hall–Kier alpha value is -3.10. The van der Waals surface area contributed by atoms with Crippen LogP contribution in [0.1, 0.15) is 28.5 Å². The van der Waals surface area contributed by atoms with E-state index in [1.807, 2.05) is 13.0 Å². The lowest BCUT2D eigenvalue weighted by atomic mass is 10.1. The highest BCUT2D eigenvalue weighted by Crippen LogP contribution is 2.27. The molecule has 0 unspecified atom stereocenters. The van der Waals surface area contributed by atoms with Crippen LogP contribution in [0.5, 0.6) is 5.75 Å². The van der Waals surface area contributed by atoms with E-state index in [9.17, 15) is 4.79 Å². The van der Waals surface area contributed by atoms with Gasteiger partial charge in [0.1, 0.15) is 5.75 Å². The molecule has 1 amide bonds. The van der Waals surface area contributed by atoms with Crippen molar-refractivity contribution < 1.29 is 9.53 Å². The van der Waals surface area contributed by atoms with Crippen LogP contribution < -0.4 is 10.1 Å². The summed E-state index contributed by atoms with van der Waals surface area (Å²) in [5.41, 5.74) is 2.69. The van der Waals surface area contributed by atoms with Crippen molar-refractivity contribution in [3.8, 4) is 11.8 Å². The van der Waals surface area contributed by atoms with Crippen LogP contribution in [0.4, 0.5) is 5.69 Å². The van der Waals surface area contributed by atoms with Gasteiger partial charge in [0, 0.05) is 10.4 Å². The Bertz CT molecular complexity index is 1040. The number of aryl methyl sites for hydroxylation is 1. The third kappa shape index (κ3) is 3.61. The average molecular weight is 366 g/mol. The minimum atomic E-state index is -0.326. The predicted octanol–water partition coefficient (Wildman–Crippen LogP) is 4.72. The topological polar surface area (TPSA) is 75.0 Å². The zero-order valence-electron chi connectivity index (χ0n) is 14.3. The maximum Gasteiger partial charge on any atom is 0.257 e. The number of carbonyl (C=O) groups excluding carboxylic acids is 1. The number of pyridine rings is 1. The van der Waals surface area contributed by atoms with Gasteiger partial charge < -0.3 is 10.1 Å². The van der Waals surface area contributed by atoms with Gasteiger partial charge in [-0.1, -0.05) is 11.6 Å². The van der Waals surface area contributed by atoms with Gasteiger partial charge >= 0.3 is 0 Å². The van der Waals surface area contributed by atoms with Crippen LogP contribution in [0.15, 0.2) is 42.5 Å². The number of rotatable bonds is 4. The molecule has 130 valence electrons. The fraction of sp³-hybridized carbons (Fsp3) is 0.150. The van der Waals surface area contributed by atoms with Crippen molar-refractivity contribution in [1.29, 1.82) is 5.26 Å². The number of hydrogen-bond acceptors (Lipinski definition) is 4. The van der Waals surface area contributed by atoms with Gasteiger partial charge in [0.25, 0.3) is 5.91 Å². The van der Waals surface area contributed by atoms with Gasteiger partial charge in [-0.25, -0.2) is 0 Å². The van der Waals surface area contributed by atoms with E-state index in [2.05, 4.69) is 16.4 Å². The third-order valence-corrected chi connectivity index (χ3v) is 4.10. The van der Waals surface area contributed by atoms with Gasteiger partial charge in [-0.05, 0) is 56.3 Å². The molecule has 0 aliphatic carbocycles. The van der Waals surface area contributed by atoms with Crippen molar-refractivity contribution in [2.75, 3.05) is 11.9 Å². The van der Waals surface area contributed by atoms with Crippen molar-refractivity contribution in [3.05, 3.63) is 64.3 Å². The first kappa shape index (κ1) is 17.7. The van der Waals surface area contributed by atoms with E-state index in [0.717, 1.165) is 10.9 Å². The highest BCUT2D eigenvalue weighted by Gasteiger charge is 2.15. The molecule has 0 fully saturated rings. The van der Waals surface area contributed by atoms with Gasteiger partial charge in [-0.15, -0.1) is 0 Å². The van der Waals surface area contributed by atoms with Gasteiger partial charge in [-0.2, -0.15) is 5.26 Å². The summed E-state index contributed by atoms with van der Waals surface area (Å²) >= 11 is 6.03.